The summed E-state index contributed by atoms with van der Waals surface area (Å²) in [5.41, 5.74) is -1.30. The third kappa shape index (κ3) is 6.96. The lowest BCUT2D eigenvalue weighted by atomic mass is 10.2. The Morgan fingerprint density at radius 1 is 1.00 bits per heavy atom. The molecule has 124 valence electrons. The van der Waals surface area contributed by atoms with Crippen LogP contribution >= 0.6 is 0 Å². The molecule has 0 unspecified atom stereocenters. The van der Waals surface area contributed by atoms with Gasteiger partial charge in [-0.3, -0.25) is 10.6 Å². The zero-order valence-electron chi connectivity index (χ0n) is 13.8. The lowest BCUT2D eigenvalue weighted by Gasteiger charge is -2.26. The minimum atomic E-state index is -0.917. The fourth-order valence-electron chi connectivity index (χ4n) is 1.44. The molecule has 1 aromatic heterocycles. The number of aromatic nitrogens is 2. The summed E-state index contributed by atoms with van der Waals surface area (Å²) in [6.07, 6.45) is 0.854. The van der Waals surface area contributed by atoms with E-state index in [9.17, 15) is 9.59 Å². The van der Waals surface area contributed by atoms with Gasteiger partial charge in [-0.1, -0.05) is 0 Å². The van der Waals surface area contributed by atoms with Crippen LogP contribution in [0.5, 0.6) is 0 Å². The number of nitrogens with one attached hydrogen (secondary N) is 2. The van der Waals surface area contributed by atoms with Gasteiger partial charge in [0.15, 0.2) is 0 Å². The molecule has 2 amide bonds. The van der Waals surface area contributed by atoms with Gasteiger partial charge in [-0.25, -0.2) is 14.3 Å². The largest absolute Gasteiger partial charge is 0.444 e. The van der Waals surface area contributed by atoms with Gasteiger partial charge in [0.05, 0.1) is 0 Å². The van der Waals surface area contributed by atoms with Gasteiger partial charge < -0.3 is 9.47 Å². The van der Waals surface area contributed by atoms with Crippen LogP contribution in [0.4, 0.5) is 9.59 Å². The van der Waals surface area contributed by atoms with Crippen LogP contribution in [0.15, 0.2) is 18.5 Å². The summed E-state index contributed by atoms with van der Waals surface area (Å²) in [6.45, 7) is 10.5. The van der Waals surface area contributed by atoms with Crippen LogP contribution in [0.1, 0.15) is 47.8 Å². The molecule has 0 bridgehead atoms. The number of hydrogen-bond acceptors (Lipinski definition) is 5. The Bertz CT molecular complexity index is 470. The first-order valence-electron chi connectivity index (χ1n) is 6.94. The Morgan fingerprint density at radius 3 is 1.77 bits per heavy atom. The molecule has 0 fully saturated rings. The van der Waals surface area contributed by atoms with Gasteiger partial charge in [-0.2, -0.15) is 5.10 Å². The minimum absolute atomic E-state index is 0.648. The van der Waals surface area contributed by atoms with E-state index in [2.05, 4.69) is 15.7 Å². The van der Waals surface area contributed by atoms with Gasteiger partial charge in [0.25, 0.3) is 0 Å². The maximum Gasteiger partial charge on any atom is 0.410 e. The van der Waals surface area contributed by atoms with E-state index in [0.29, 0.717) is 0 Å². The first-order chi connectivity index (χ1) is 9.96. The second-order valence-corrected chi connectivity index (χ2v) is 6.68. The highest BCUT2D eigenvalue weighted by Crippen LogP contribution is 2.10. The average Bonchev–Trinajstić information content (AvgIpc) is 2.75. The predicted octanol–water partition coefficient (Wildman–Crippen LogP) is 2.39. The number of ether oxygens (including phenoxy) is 2. The Morgan fingerprint density at radius 2 is 1.45 bits per heavy atom. The van der Waals surface area contributed by atoms with Crippen LogP contribution in [0.2, 0.25) is 0 Å². The van der Waals surface area contributed by atoms with Crippen LogP contribution in [0.3, 0.4) is 0 Å². The van der Waals surface area contributed by atoms with Gasteiger partial charge in [-0.15, -0.1) is 0 Å². The second-order valence-electron chi connectivity index (χ2n) is 6.68. The normalized spacial score (nSPS) is 12.0. The molecular formula is C14H24N4O4. The summed E-state index contributed by atoms with van der Waals surface area (Å²) in [7, 11) is 0. The predicted molar refractivity (Wildman–Crippen MR) is 80.0 cm³/mol. The van der Waals surface area contributed by atoms with Crippen LogP contribution in [0, 0.1) is 0 Å². The first kappa shape index (κ1) is 17.8. The molecule has 1 heterocycles. The standard InChI is InChI=1S/C14H24N4O4/c1-13(2,3)21-11(19)16-10(18-9-7-8-15-18)17-12(20)22-14(4,5)6/h7-10H,1-6H3,(H,16,19)(H,17,20). The Balaban J connectivity index is 2.74. The van der Waals surface area contributed by atoms with Gasteiger partial charge in [0.1, 0.15) is 11.2 Å². The van der Waals surface area contributed by atoms with Crippen LogP contribution in [-0.4, -0.2) is 33.2 Å². The quantitative estimate of drug-likeness (QED) is 0.836. The average molecular weight is 312 g/mol. The van der Waals surface area contributed by atoms with E-state index in [1.807, 2.05) is 0 Å². The van der Waals surface area contributed by atoms with Crippen molar-refractivity contribution in [3.63, 3.8) is 0 Å². The molecule has 22 heavy (non-hydrogen) atoms. The second kappa shape index (κ2) is 6.67. The maximum atomic E-state index is 11.9. The number of nitrogens with zero attached hydrogens (tertiary/aromatic N) is 2. The van der Waals surface area contributed by atoms with Crippen molar-refractivity contribution in [3.8, 4) is 0 Å². The first-order valence-corrected chi connectivity index (χ1v) is 6.94. The summed E-state index contributed by atoms with van der Waals surface area (Å²) in [6, 6.07) is 1.67. The molecule has 0 saturated carbocycles. The lowest BCUT2D eigenvalue weighted by Crippen LogP contribution is -2.47. The minimum Gasteiger partial charge on any atom is -0.444 e. The summed E-state index contributed by atoms with van der Waals surface area (Å²) in [5.74, 6) is 0. The zero-order chi connectivity index (χ0) is 17.0. The number of hydrogen-bond donors (Lipinski definition) is 2. The van der Waals surface area contributed by atoms with Gasteiger partial charge >= 0.3 is 12.2 Å². The van der Waals surface area contributed by atoms with E-state index in [1.165, 1.54) is 10.9 Å². The Kier molecular flexibility index (Phi) is 5.40. The van der Waals surface area contributed by atoms with Gasteiger partial charge in [0, 0.05) is 12.4 Å². The third-order valence-corrected chi connectivity index (χ3v) is 2.10. The molecule has 0 atom stereocenters. The van der Waals surface area contributed by atoms with Crippen molar-refractivity contribution in [3.05, 3.63) is 18.5 Å². The van der Waals surface area contributed by atoms with Crippen molar-refractivity contribution in [2.45, 2.75) is 59.0 Å². The van der Waals surface area contributed by atoms with Crippen molar-refractivity contribution >= 4 is 12.2 Å². The summed E-state index contributed by atoms with van der Waals surface area (Å²) >= 11 is 0. The molecular weight excluding hydrogens is 288 g/mol. The number of carbonyl (C=O) groups excluding carboxylic acids is 2. The third-order valence-electron chi connectivity index (χ3n) is 2.10. The highest BCUT2D eigenvalue weighted by Gasteiger charge is 2.24. The van der Waals surface area contributed by atoms with E-state index in [-0.39, 0.29) is 0 Å². The molecule has 0 spiro atoms. The molecule has 0 aliphatic carbocycles. The molecule has 0 aromatic carbocycles. The van der Waals surface area contributed by atoms with Crippen molar-refractivity contribution in [2.24, 2.45) is 0 Å². The number of alkyl carbamates (subject to hydrolysis) is 2. The van der Waals surface area contributed by atoms with Crippen LogP contribution in [-0.2, 0) is 9.47 Å². The molecule has 1 aromatic rings. The molecule has 0 aliphatic rings. The Labute approximate surface area is 130 Å². The monoisotopic (exact) mass is 312 g/mol. The SMILES string of the molecule is CC(C)(C)OC(=O)NC(NC(=O)OC(C)(C)C)n1cccn1. The van der Waals surface area contributed by atoms with E-state index in [0.717, 1.165) is 0 Å². The molecule has 1 rings (SSSR count). The number of carbonyl (C=O) groups is 2. The van der Waals surface area contributed by atoms with Gasteiger partial charge in [0.2, 0.25) is 6.29 Å². The lowest BCUT2D eigenvalue weighted by molar-refractivity contribution is 0.0370. The molecule has 8 heteroatoms. The van der Waals surface area contributed by atoms with Crippen molar-refractivity contribution in [1.29, 1.82) is 0 Å². The molecule has 0 radical (unpaired) electrons. The van der Waals surface area contributed by atoms with E-state index in [4.69, 9.17) is 9.47 Å². The van der Waals surface area contributed by atoms with Gasteiger partial charge in [-0.05, 0) is 47.6 Å². The topological polar surface area (TPSA) is 94.5 Å². The van der Waals surface area contributed by atoms with Crippen molar-refractivity contribution in [1.82, 2.24) is 20.4 Å². The maximum absolute atomic E-state index is 11.9. The fraction of sp³-hybridized carbons (Fsp3) is 0.643. The summed E-state index contributed by atoms with van der Waals surface area (Å²) < 4.78 is 11.7. The van der Waals surface area contributed by atoms with E-state index >= 15 is 0 Å². The van der Waals surface area contributed by atoms with Crippen molar-refractivity contribution in [2.75, 3.05) is 0 Å². The van der Waals surface area contributed by atoms with Crippen LogP contribution < -0.4 is 10.6 Å². The number of rotatable bonds is 3. The van der Waals surface area contributed by atoms with Crippen molar-refractivity contribution < 1.29 is 19.1 Å². The Hall–Kier alpha value is -2.25. The van der Waals surface area contributed by atoms with E-state index < -0.39 is 29.7 Å². The smallest absolute Gasteiger partial charge is 0.410 e. The summed E-state index contributed by atoms with van der Waals surface area (Å²) in [4.78, 5) is 23.7. The molecule has 2 N–H and O–H groups in total. The van der Waals surface area contributed by atoms with E-state index in [1.54, 1.807) is 53.8 Å². The molecule has 0 saturated heterocycles. The molecule has 8 nitrogen and oxygen atoms in total. The number of amides is 2. The highest BCUT2D eigenvalue weighted by atomic mass is 16.6. The molecule has 0 aliphatic heterocycles. The summed E-state index contributed by atoms with van der Waals surface area (Å²) in [5, 5.41) is 9.03. The highest BCUT2D eigenvalue weighted by molar-refractivity contribution is 5.71. The van der Waals surface area contributed by atoms with Crippen LogP contribution in [0.25, 0.3) is 0 Å². The zero-order valence-corrected chi connectivity index (χ0v) is 13.8. The fourth-order valence-corrected chi connectivity index (χ4v) is 1.44.